The number of likely N-dealkylation sites (N-methyl/N-ethyl adjacent to an activating group) is 1. The predicted molar refractivity (Wildman–Crippen MR) is 70.1 cm³/mol. The lowest BCUT2D eigenvalue weighted by Gasteiger charge is -2.11. The molecule has 0 unspecified atom stereocenters. The Morgan fingerprint density at radius 2 is 1.80 bits per heavy atom. The van der Waals surface area contributed by atoms with Crippen molar-refractivity contribution in [3.05, 3.63) is 29.8 Å². The number of carbonyl (C=O) groups excluding carboxylic acids is 3. The average molecular weight is 280 g/mol. The zero-order valence-electron chi connectivity index (χ0n) is 11.3. The van der Waals surface area contributed by atoms with E-state index in [0.717, 1.165) is 0 Å². The third-order valence-electron chi connectivity index (χ3n) is 2.37. The SMILES string of the molecule is CN(C)C(=O)CNC(=O)COC(=O)c1ccc(O)cc1. The number of carbonyl (C=O) groups is 3. The zero-order chi connectivity index (χ0) is 15.1. The highest BCUT2D eigenvalue weighted by Crippen LogP contribution is 2.10. The van der Waals surface area contributed by atoms with Crippen molar-refractivity contribution in [3.8, 4) is 5.75 Å². The van der Waals surface area contributed by atoms with Crippen molar-refractivity contribution in [1.82, 2.24) is 10.2 Å². The summed E-state index contributed by atoms with van der Waals surface area (Å²) in [5.74, 6) is -1.48. The van der Waals surface area contributed by atoms with Crippen LogP contribution in [0.25, 0.3) is 0 Å². The van der Waals surface area contributed by atoms with Gasteiger partial charge in [0.1, 0.15) is 5.75 Å². The Balaban J connectivity index is 2.35. The van der Waals surface area contributed by atoms with Gasteiger partial charge >= 0.3 is 5.97 Å². The van der Waals surface area contributed by atoms with E-state index in [4.69, 9.17) is 9.84 Å². The van der Waals surface area contributed by atoms with Gasteiger partial charge in [0.05, 0.1) is 12.1 Å². The Bertz CT molecular complexity index is 496. The lowest BCUT2D eigenvalue weighted by atomic mass is 10.2. The number of aromatic hydroxyl groups is 1. The van der Waals surface area contributed by atoms with Gasteiger partial charge in [0.15, 0.2) is 6.61 Å². The number of hydrogen-bond acceptors (Lipinski definition) is 5. The minimum absolute atomic E-state index is 0.0292. The largest absolute Gasteiger partial charge is 0.508 e. The van der Waals surface area contributed by atoms with Crippen LogP contribution in [-0.2, 0) is 14.3 Å². The molecule has 0 spiro atoms. The number of nitrogens with zero attached hydrogens (tertiary/aromatic N) is 1. The number of ether oxygens (including phenoxy) is 1. The molecule has 0 saturated heterocycles. The molecule has 1 rings (SSSR count). The van der Waals surface area contributed by atoms with Gasteiger partial charge in [0, 0.05) is 14.1 Å². The summed E-state index contributed by atoms with van der Waals surface area (Å²) in [6.07, 6.45) is 0. The molecule has 7 nitrogen and oxygen atoms in total. The van der Waals surface area contributed by atoms with E-state index >= 15 is 0 Å². The van der Waals surface area contributed by atoms with Crippen molar-refractivity contribution >= 4 is 17.8 Å². The van der Waals surface area contributed by atoms with Gasteiger partial charge < -0.3 is 20.1 Å². The summed E-state index contributed by atoms with van der Waals surface area (Å²) in [6.45, 7) is -0.622. The minimum atomic E-state index is -0.681. The Kier molecular flexibility index (Phi) is 5.52. The van der Waals surface area contributed by atoms with E-state index in [9.17, 15) is 14.4 Å². The van der Waals surface area contributed by atoms with Gasteiger partial charge in [-0.15, -0.1) is 0 Å². The number of phenolic OH excluding ortho intramolecular Hbond substituents is 1. The summed E-state index contributed by atoms with van der Waals surface area (Å²) in [4.78, 5) is 35.5. The minimum Gasteiger partial charge on any atom is -0.508 e. The predicted octanol–water partition coefficient (Wildman–Crippen LogP) is -0.247. The molecule has 0 atom stereocenters. The topological polar surface area (TPSA) is 95.9 Å². The number of esters is 1. The quantitative estimate of drug-likeness (QED) is 0.725. The Labute approximate surface area is 116 Å². The van der Waals surface area contributed by atoms with Crippen LogP contribution in [0, 0.1) is 0 Å². The summed E-state index contributed by atoms with van der Waals surface area (Å²) in [5, 5.41) is 11.4. The van der Waals surface area contributed by atoms with E-state index in [-0.39, 0.29) is 23.8 Å². The van der Waals surface area contributed by atoms with E-state index in [0.29, 0.717) is 0 Å². The number of amides is 2. The van der Waals surface area contributed by atoms with Crippen LogP contribution in [0.2, 0.25) is 0 Å². The van der Waals surface area contributed by atoms with E-state index in [1.54, 1.807) is 14.1 Å². The average Bonchev–Trinajstić information content (AvgIpc) is 2.42. The molecule has 7 heteroatoms. The number of phenols is 1. The first-order chi connectivity index (χ1) is 9.40. The first-order valence-electron chi connectivity index (χ1n) is 5.83. The van der Waals surface area contributed by atoms with Gasteiger partial charge in [-0.1, -0.05) is 0 Å². The summed E-state index contributed by atoms with van der Waals surface area (Å²) in [5.41, 5.74) is 0.222. The van der Waals surface area contributed by atoms with Crippen molar-refractivity contribution in [2.75, 3.05) is 27.2 Å². The number of hydrogen-bond donors (Lipinski definition) is 2. The summed E-state index contributed by atoms with van der Waals surface area (Å²) >= 11 is 0. The summed E-state index contributed by atoms with van der Waals surface area (Å²) < 4.78 is 4.76. The molecule has 0 aliphatic rings. The Hall–Kier alpha value is -2.57. The van der Waals surface area contributed by atoms with Crippen molar-refractivity contribution in [2.45, 2.75) is 0 Å². The molecule has 1 aromatic rings. The van der Waals surface area contributed by atoms with Crippen LogP contribution in [0.3, 0.4) is 0 Å². The fourth-order valence-electron chi connectivity index (χ4n) is 1.20. The van der Waals surface area contributed by atoms with Crippen molar-refractivity contribution in [1.29, 1.82) is 0 Å². The molecular formula is C13H16N2O5. The Morgan fingerprint density at radius 1 is 1.20 bits per heavy atom. The molecule has 0 aromatic heterocycles. The van der Waals surface area contributed by atoms with Gasteiger partial charge in [0.25, 0.3) is 5.91 Å². The number of benzene rings is 1. The van der Waals surface area contributed by atoms with Crippen LogP contribution < -0.4 is 5.32 Å². The molecule has 2 amide bonds. The zero-order valence-corrected chi connectivity index (χ0v) is 11.3. The smallest absolute Gasteiger partial charge is 0.338 e. The van der Waals surface area contributed by atoms with E-state index in [1.165, 1.54) is 29.2 Å². The van der Waals surface area contributed by atoms with Crippen molar-refractivity contribution < 1.29 is 24.2 Å². The fourth-order valence-corrected chi connectivity index (χ4v) is 1.20. The van der Waals surface area contributed by atoms with Gasteiger partial charge in [0.2, 0.25) is 5.91 Å². The third kappa shape index (κ3) is 4.97. The van der Waals surface area contributed by atoms with Crippen LogP contribution in [0.15, 0.2) is 24.3 Å². The molecule has 2 N–H and O–H groups in total. The molecule has 0 bridgehead atoms. The number of nitrogens with one attached hydrogen (secondary N) is 1. The summed E-state index contributed by atoms with van der Waals surface area (Å²) in [7, 11) is 3.14. The molecule has 0 heterocycles. The lowest BCUT2D eigenvalue weighted by molar-refractivity contribution is -0.131. The number of rotatable bonds is 5. The highest BCUT2D eigenvalue weighted by Gasteiger charge is 2.11. The molecule has 0 aliphatic heterocycles. The van der Waals surface area contributed by atoms with E-state index < -0.39 is 18.5 Å². The molecule has 0 aliphatic carbocycles. The van der Waals surface area contributed by atoms with E-state index in [2.05, 4.69) is 5.32 Å². The van der Waals surface area contributed by atoms with Crippen LogP contribution in [0.1, 0.15) is 10.4 Å². The molecular weight excluding hydrogens is 264 g/mol. The van der Waals surface area contributed by atoms with E-state index in [1.807, 2.05) is 0 Å². The first kappa shape index (κ1) is 15.5. The molecule has 20 heavy (non-hydrogen) atoms. The maximum Gasteiger partial charge on any atom is 0.338 e. The Morgan fingerprint density at radius 3 is 2.35 bits per heavy atom. The molecule has 1 aromatic carbocycles. The van der Waals surface area contributed by atoms with Crippen LogP contribution in [0.4, 0.5) is 0 Å². The first-order valence-corrected chi connectivity index (χ1v) is 5.83. The second kappa shape index (κ2) is 7.13. The van der Waals surface area contributed by atoms with Crippen molar-refractivity contribution in [3.63, 3.8) is 0 Å². The van der Waals surface area contributed by atoms with Gasteiger partial charge in [-0.2, -0.15) is 0 Å². The monoisotopic (exact) mass is 280 g/mol. The molecule has 0 fully saturated rings. The normalized spacial score (nSPS) is 9.70. The molecule has 0 radical (unpaired) electrons. The van der Waals surface area contributed by atoms with Crippen LogP contribution in [-0.4, -0.2) is 55.0 Å². The van der Waals surface area contributed by atoms with Gasteiger partial charge in [-0.3, -0.25) is 9.59 Å². The lowest BCUT2D eigenvalue weighted by Crippen LogP contribution is -2.38. The van der Waals surface area contributed by atoms with Gasteiger partial charge in [-0.25, -0.2) is 4.79 Å². The van der Waals surface area contributed by atoms with Crippen molar-refractivity contribution in [2.24, 2.45) is 0 Å². The van der Waals surface area contributed by atoms with Gasteiger partial charge in [-0.05, 0) is 24.3 Å². The van der Waals surface area contributed by atoms with Crippen LogP contribution >= 0.6 is 0 Å². The van der Waals surface area contributed by atoms with Crippen LogP contribution in [0.5, 0.6) is 5.75 Å². The second-order valence-electron chi connectivity index (χ2n) is 4.19. The highest BCUT2D eigenvalue weighted by atomic mass is 16.5. The fraction of sp³-hybridized carbons (Fsp3) is 0.308. The molecule has 108 valence electrons. The second-order valence-corrected chi connectivity index (χ2v) is 4.19. The maximum atomic E-state index is 11.5. The maximum absolute atomic E-state index is 11.5. The summed E-state index contributed by atoms with van der Waals surface area (Å²) in [6, 6.07) is 5.44. The standard InChI is InChI=1S/C13H16N2O5/c1-15(2)12(18)7-14-11(17)8-20-13(19)9-3-5-10(16)6-4-9/h3-6,16H,7-8H2,1-2H3,(H,14,17). The third-order valence-corrected chi connectivity index (χ3v) is 2.37. The molecule has 0 saturated carbocycles. The highest BCUT2D eigenvalue weighted by molar-refractivity contribution is 5.92.